The lowest BCUT2D eigenvalue weighted by atomic mass is 9.94. The molecule has 0 saturated carbocycles. The fraction of sp³-hybridized carbons (Fsp3) is 0.391. The van der Waals surface area contributed by atoms with Gasteiger partial charge in [-0.15, -0.1) is 0 Å². The summed E-state index contributed by atoms with van der Waals surface area (Å²) in [5, 5.41) is 0. The zero-order chi connectivity index (χ0) is 19.6. The van der Waals surface area contributed by atoms with Crippen LogP contribution in [0.4, 0.5) is 5.69 Å². The summed E-state index contributed by atoms with van der Waals surface area (Å²) in [4.78, 5) is 29.4. The van der Waals surface area contributed by atoms with E-state index in [0.717, 1.165) is 36.1 Å². The maximum absolute atomic E-state index is 13.0. The summed E-state index contributed by atoms with van der Waals surface area (Å²) in [6.07, 6.45) is 2.70. The average molecular weight is 378 g/mol. The normalized spacial score (nSPS) is 23.0. The van der Waals surface area contributed by atoms with Gasteiger partial charge in [-0.3, -0.25) is 9.59 Å². The summed E-state index contributed by atoms with van der Waals surface area (Å²) in [5.74, 6) is -0.112. The number of carbonyl (C=O) groups is 2. The van der Waals surface area contributed by atoms with Crippen LogP contribution in [0, 0.1) is 0 Å². The van der Waals surface area contributed by atoms with E-state index in [4.69, 9.17) is 4.74 Å². The Morgan fingerprint density at radius 3 is 2.46 bits per heavy atom. The highest BCUT2D eigenvalue weighted by Gasteiger charge is 2.41. The van der Waals surface area contributed by atoms with Gasteiger partial charge in [0.15, 0.2) is 0 Å². The first-order valence-electron chi connectivity index (χ1n) is 9.97. The van der Waals surface area contributed by atoms with Crippen LogP contribution in [0.5, 0.6) is 0 Å². The Kier molecular flexibility index (Phi) is 5.18. The molecule has 146 valence electrons. The van der Waals surface area contributed by atoms with E-state index in [1.165, 1.54) is 0 Å². The van der Waals surface area contributed by atoms with Gasteiger partial charge in [-0.25, -0.2) is 0 Å². The van der Waals surface area contributed by atoms with E-state index in [9.17, 15) is 9.59 Å². The van der Waals surface area contributed by atoms with Crippen LogP contribution >= 0.6 is 0 Å². The molecule has 0 radical (unpaired) electrons. The first kappa shape index (κ1) is 18.7. The second kappa shape index (κ2) is 7.76. The van der Waals surface area contributed by atoms with Crippen molar-refractivity contribution >= 4 is 17.5 Å². The third-order valence-corrected chi connectivity index (χ3v) is 5.71. The molecule has 1 atom stereocenters. The average Bonchev–Trinajstić information content (AvgIpc) is 2.74. The molecule has 5 heteroatoms. The zero-order valence-corrected chi connectivity index (χ0v) is 16.3. The van der Waals surface area contributed by atoms with E-state index < -0.39 is 5.60 Å². The third kappa shape index (κ3) is 3.54. The molecule has 5 nitrogen and oxygen atoms in total. The van der Waals surface area contributed by atoms with Crippen molar-refractivity contribution in [1.82, 2.24) is 4.90 Å². The van der Waals surface area contributed by atoms with Crippen LogP contribution in [0.1, 0.15) is 26.2 Å². The van der Waals surface area contributed by atoms with Crippen molar-refractivity contribution < 1.29 is 14.3 Å². The van der Waals surface area contributed by atoms with Crippen molar-refractivity contribution in [1.29, 1.82) is 0 Å². The fourth-order valence-electron chi connectivity index (χ4n) is 4.11. The minimum Gasteiger partial charge on any atom is -0.365 e. The van der Waals surface area contributed by atoms with E-state index in [0.29, 0.717) is 19.7 Å². The molecule has 2 aliphatic heterocycles. The molecular weight excluding hydrogens is 352 g/mol. The van der Waals surface area contributed by atoms with E-state index in [2.05, 4.69) is 0 Å². The van der Waals surface area contributed by atoms with Crippen molar-refractivity contribution in [3.63, 3.8) is 0 Å². The predicted molar refractivity (Wildman–Crippen MR) is 109 cm³/mol. The van der Waals surface area contributed by atoms with Gasteiger partial charge in [0, 0.05) is 25.3 Å². The maximum Gasteiger partial charge on any atom is 0.255 e. The van der Waals surface area contributed by atoms with E-state index in [1.807, 2.05) is 61.5 Å². The number of amides is 2. The second-order valence-electron chi connectivity index (χ2n) is 7.69. The van der Waals surface area contributed by atoms with Gasteiger partial charge in [0.05, 0.1) is 5.69 Å². The Labute approximate surface area is 165 Å². The molecule has 0 aliphatic carbocycles. The Morgan fingerprint density at radius 2 is 1.75 bits per heavy atom. The van der Waals surface area contributed by atoms with Crippen LogP contribution in [0.3, 0.4) is 0 Å². The van der Waals surface area contributed by atoms with Crippen LogP contribution in [0.2, 0.25) is 0 Å². The van der Waals surface area contributed by atoms with Gasteiger partial charge in [-0.1, -0.05) is 48.5 Å². The number of ether oxygens (including phenoxy) is 1. The zero-order valence-electron chi connectivity index (χ0n) is 16.3. The number of nitrogens with zero attached hydrogens (tertiary/aromatic N) is 2. The molecule has 2 amide bonds. The van der Waals surface area contributed by atoms with Crippen LogP contribution in [-0.4, -0.2) is 48.6 Å². The second-order valence-corrected chi connectivity index (χ2v) is 7.69. The van der Waals surface area contributed by atoms with Gasteiger partial charge in [-0.05, 0) is 37.8 Å². The molecule has 0 spiro atoms. The van der Waals surface area contributed by atoms with Crippen molar-refractivity contribution in [2.45, 2.75) is 31.8 Å². The molecule has 2 fully saturated rings. The van der Waals surface area contributed by atoms with Gasteiger partial charge in [-0.2, -0.15) is 0 Å². The number of hydrogen-bond acceptors (Lipinski definition) is 3. The predicted octanol–water partition coefficient (Wildman–Crippen LogP) is 3.49. The number of rotatable bonds is 3. The van der Waals surface area contributed by atoms with Crippen LogP contribution in [0.25, 0.3) is 11.1 Å². The van der Waals surface area contributed by atoms with Crippen LogP contribution in [-0.2, 0) is 14.3 Å². The molecule has 0 aromatic heterocycles. The number of piperazine rings is 1. The number of anilines is 1. The Bertz CT molecular complexity index is 859. The number of para-hydroxylation sites is 1. The summed E-state index contributed by atoms with van der Waals surface area (Å²) in [6.45, 7) is 3.58. The number of hydrogen-bond donors (Lipinski definition) is 0. The smallest absolute Gasteiger partial charge is 0.255 e. The molecule has 2 aliphatic rings. The Hall–Kier alpha value is -2.66. The van der Waals surface area contributed by atoms with Crippen molar-refractivity contribution in [3.8, 4) is 11.1 Å². The van der Waals surface area contributed by atoms with Gasteiger partial charge in [0.1, 0.15) is 12.1 Å². The number of carbonyl (C=O) groups excluding carboxylic acids is 2. The highest BCUT2D eigenvalue weighted by Crippen LogP contribution is 2.32. The largest absolute Gasteiger partial charge is 0.365 e. The summed E-state index contributed by atoms with van der Waals surface area (Å²) < 4.78 is 5.79. The molecule has 0 N–H and O–H groups in total. The highest BCUT2D eigenvalue weighted by atomic mass is 16.5. The van der Waals surface area contributed by atoms with Gasteiger partial charge in [0.2, 0.25) is 5.91 Å². The molecule has 2 aromatic carbocycles. The van der Waals surface area contributed by atoms with Crippen molar-refractivity contribution in [2.24, 2.45) is 0 Å². The highest BCUT2D eigenvalue weighted by molar-refractivity contribution is 6.01. The monoisotopic (exact) mass is 378 g/mol. The fourth-order valence-corrected chi connectivity index (χ4v) is 4.11. The molecule has 0 unspecified atom stereocenters. The van der Waals surface area contributed by atoms with Crippen molar-refractivity contribution in [2.75, 3.05) is 31.1 Å². The van der Waals surface area contributed by atoms with Crippen LogP contribution in [0.15, 0.2) is 54.6 Å². The molecular formula is C23H26N2O3. The minimum absolute atomic E-state index is 0.0533. The Balaban J connectivity index is 1.53. The molecule has 28 heavy (non-hydrogen) atoms. The molecule has 4 rings (SSSR count). The lowest BCUT2D eigenvalue weighted by Gasteiger charge is -2.40. The van der Waals surface area contributed by atoms with E-state index in [1.54, 1.807) is 9.80 Å². The quantitative estimate of drug-likeness (QED) is 0.822. The van der Waals surface area contributed by atoms with Crippen LogP contribution < -0.4 is 4.90 Å². The molecule has 2 aromatic rings. The lowest BCUT2D eigenvalue weighted by molar-refractivity contribution is -0.163. The SMILES string of the molecule is C[C@]1(C(=O)N2CCN(c3ccccc3-c3ccccc3)C(=O)C2)CCCCO1. The Morgan fingerprint density at radius 1 is 1.00 bits per heavy atom. The molecule has 0 bridgehead atoms. The minimum atomic E-state index is -0.789. The first-order valence-corrected chi connectivity index (χ1v) is 9.97. The summed E-state index contributed by atoms with van der Waals surface area (Å²) >= 11 is 0. The maximum atomic E-state index is 13.0. The summed E-state index contributed by atoms with van der Waals surface area (Å²) in [6, 6.07) is 18.0. The van der Waals surface area contributed by atoms with E-state index in [-0.39, 0.29) is 18.4 Å². The van der Waals surface area contributed by atoms with Crippen molar-refractivity contribution in [3.05, 3.63) is 54.6 Å². The van der Waals surface area contributed by atoms with Gasteiger partial charge >= 0.3 is 0 Å². The van der Waals surface area contributed by atoms with Gasteiger partial charge < -0.3 is 14.5 Å². The number of benzene rings is 2. The first-order chi connectivity index (χ1) is 13.6. The standard InChI is InChI=1S/C23H26N2O3/c1-23(13-7-8-16-28-23)22(27)24-14-15-25(21(26)17-24)20-12-6-5-11-19(20)18-9-3-2-4-10-18/h2-6,9-12H,7-8,13-17H2,1H3/t23-/m1/s1. The molecule has 2 heterocycles. The summed E-state index contributed by atoms with van der Waals surface area (Å²) in [7, 11) is 0. The molecule has 2 saturated heterocycles. The lowest BCUT2D eigenvalue weighted by Crippen LogP contribution is -2.58. The summed E-state index contributed by atoms with van der Waals surface area (Å²) in [5.41, 5.74) is 2.21. The third-order valence-electron chi connectivity index (χ3n) is 5.71. The topological polar surface area (TPSA) is 49.9 Å². The van der Waals surface area contributed by atoms with Gasteiger partial charge in [0.25, 0.3) is 5.91 Å². The van der Waals surface area contributed by atoms with E-state index >= 15 is 0 Å².